The van der Waals surface area contributed by atoms with Crippen molar-refractivity contribution < 1.29 is 31.5 Å². The van der Waals surface area contributed by atoms with Gasteiger partial charge in [-0.1, -0.05) is 121 Å². The maximum absolute atomic E-state index is 11.2. The van der Waals surface area contributed by atoms with Gasteiger partial charge in [0.05, 0.1) is 35.7 Å². The molecule has 40 heavy (non-hydrogen) atoms. The number of benzene rings is 4. The first-order valence-corrected chi connectivity index (χ1v) is 13.5. The monoisotopic (exact) mass is 542 g/mol. The molecule has 1 N–H and O–H groups in total. The smallest absolute Gasteiger partial charge is 0.184 e. The molecule has 208 valence electrons. The fraction of sp³-hybridized carbons (Fsp3) is 0.294. The van der Waals surface area contributed by atoms with Crippen LogP contribution in [-0.2, 0) is 50.1 Å². The molecule has 1 unspecified atom stereocenters. The molecule has 0 aliphatic carbocycles. The predicted octanol–water partition coefficient (Wildman–Crippen LogP) is 5.68. The molecule has 5 rings (SSSR count). The van der Waals surface area contributed by atoms with Crippen LogP contribution >= 0.6 is 0 Å². The van der Waals surface area contributed by atoms with Crippen LogP contribution in [0.4, 0.5) is 0 Å². The molecule has 0 radical (unpaired) electrons. The van der Waals surface area contributed by atoms with Crippen molar-refractivity contribution in [1.82, 2.24) is 0 Å². The van der Waals surface area contributed by atoms with Crippen LogP contribution < -0.4 is 0 Å². The van der Waals surface area contributed by atoms with E-state index in [9.17, 15) is 5.11 Å². The van der Waals surface area contributed by atoms with Crippen LogP contribution in [0.15, 0.2) is 121 Å². The molecule has 1 fully saturated rings. The summed E-state index contributed by atoms with van der Waals surface area (Å²) in [6.45, 7) is -1.75. The number of aliphatic hydroxyl groups is 1. The van der Waals surface area contributed by atoms with E-state index in [0.29, 0.717) is 0 Å². The molecule has 0 aromatic heterocycles. The van der Waals surface area contributed by atoms with Crippen molar-refractivity contribution in [2.45, 2.75) is 57.1 Å². The zero-order chi connectivity index (χ0) is 29.2. The molecule has 1 heterocycles. The van der Waals surface area contributed by atoms with Gasteiger partial charge in [-0.15, -0.1) is 0 Å². The lowest BCUT2D eigenvalue weighted by Gasteiger charge is -2.44. The number of ether oxygens (including phenoxy) is 5. The number of aliphatic hydroxyl groups excluding tert-OH is 1. The quantitative estimate of drug-likeness (QED) is 0.235. The Bertz CT molecular complexity index is 1330. The van der Waals surface area contributed by atoms with Crippen LogP contribution in [-0.4, -0.2) is 42.4 Å². The van der Waals surface area contributed by atoms with Gasteiger partial charge in [0.1, 0.15) is 24.4 Å². The fourth-order valence-corrected chi connectivity index (χ4v) is 4.55. The molecule has 1 aliphatic heterocycles. The lowest BCUT2D eigenvalue weighted by Crippen LogP contribution is -2.61. The number of hydrogen-bond acceptors (Lipinski definition) is 6. The predicted molar refractivity (Wildman–Crippen MR) is 152 cm³/mol. The van der Waals surface area contributed by atoms with Gasteiger partial charge in [0.25, 0.3) is 0 Å². The van der Waals surface area contributed by atoms with Crippen molar-refractivity contribution in [2.24, 2.45) is 0 Å². The summed E-state index contributed by atoms with van der Waals surface area (Å²) >= 11 is 0. The van der Waals surface area contributed by atoms with Crippen molar-refractivity contribution in [1.29, 1.82) is 0 Å². The molecule has 1 aliphatic rings. The highest BCUT2D eigenvalue weighted by atomic mass is 16.7. The maximum Gasteiger partial charge on any atom is 0.184 e. The van der Waals surface area contributed by atoms with Crippen molar-refractivity contribution in [3.8, 4) is 0 Å². The summed E-state index contributed by atoms with van der Waals surface area (Å²) in [5.41, 5.74) is 3.54. The second-order valence-electron chi connectivity index (χ2n) is 9.62. The molecule has 6 nitrogen and oxygen atoms in total. The highest BCUT2D eigenvalue weighted by Crippen LogP contribution is 2.30. The van der Waals surface area contributed by atoms with Gasteiger partial charge in [0.15, 0.2) is 6.29 Å². The van der Waals surface area contributed by atoms with Crippen molar-refractivity contribution in [2.75, 3.05) is 6.56 Å². The number of rotatable bonds is 13. The van der Waals surface area contributed by atoms with Crippen LogP contribution in [0.2, 0.25) is 0 Å². The van der Waals surface area contributed by atoms with Gasteiger partial charge in [0.2, 0.25) is 0 Å². The molecule has 5 atom stereocenters. The van der Waals surface area contributed by atoms with Gasteiger partial charge in [0, 0.05) is 0 Å². The molecule has 4 aromatic carbocycles. The highest BCUT2D eigenvalue weighted by Gasteiger charge is 2.48. The molecule has 4 aromatic rings. The van der Waals surface area contributed by atoms with Gasteiger partial charge in [-0.05, 0) is 22.3 Å². The van der Waals surface area contributed by atoms with Crippen LogP contribution in [0, 0.1) is 0 Å². The molecule has 6 heteroatoms. The van der Waals surface area contributed by atoms with Crippen LogP contribution in [0.3, 0.4) is 0 Å². The van der Waals surface area contributed by atoms with E-state index in [1.165, 1.54) is 0 Å². The minimum atomic E-state index is -2.34. The second-order valence-corrected chi connectivity index (χ2v) is 9.62. The van der Waals surface area contributed by atoms with E-state index in [1.54, 1.807) is 0 Å². The maximum atomic E-state index is 11.2. The van der Waals surface area contributed by atoms with Crippen molar-refractivity contribution in [3.63, 3.8) is 0 Å². The third-order valence-corrected chi connectivity index (χ3v) is 6.65. The summed E-state index contributed by atoms with van der Waals surface area (Å²) < 4.78 is 48.5. The summed E-state index contributed by atoms with van der Waals surface area (Å²) in [5.74, 6) is 0. The summed E-state index contributed by atoms with van der Waals surface area (Å²) in [5, 5.41) is 11.2. The Morgan fingerprint density at radius 3 is 1.35 bits per heavy atom. The van der Waals surface area contributed by atoms with E-state index in [4.69, 9.17) is 26.4 Å². The Morgan fingerprint density at radius 1 is 0.525 bits per heavy atom. The molecule has 0 bridgehead atoms. The topological polar surface area (TPSA) is 66.4 Å². The van der Waals surface area contributed by atoms with Gasteiger partial charge in [-0.25, -0.2) is 0 Å². The van der Waals surface area contributed by atoms with E-state index in [2.05, 4.69) is 0 Å². The first kappa shape index (κ1) is 25.6. The van der Waals surface area contributed by atoms with E-state index < -0.39 is 37.3 Å². The van der Waals surface area contributed by atoms with Gasteiger partial charge < -0.3 is 28.8 Å². The molecule has 0 saturated carbocycles. The van der Waals surface area contributed by atoms with E-state index in [-0.39, 0.29) is 26.4 Å². The second kappa shape index (κ2) is 14.9. The molecule has 1 saturated heterocycles. The van der Waals surface area contributed by atoms with Crippen LogP contribution in [0.5, 0.6) is 0 Å². The van der Waals surface area contributed by atoms with E-state index in [0.717, 1.165) is 22.3 Å². The Kier molecular flexibility index (Phi) is 9.51. The zero-order valence-electron chi connectivity index (χ0n) is 24.3. The first-order valence-electron chi connectivity index (χ1n) is 14.5. The lowest BCUT2D eigenvalue weighted by atomic mass is 9.98. The van der Waals surface area contributed by atoms with Crippen molar-refractivity contribution in [3.05, 3.63) is 144 Å². The van der Waals surface area contributed by atoms with Crippen LogP contribution in [0.1, 0.15) is 25.0 Å². The minimum absolute atomic E-state index is 0.0126. The van der Waals surface area contributed by atoms with Gasteiger partial charge in [-0.2, -0.15) is 0 Å². The molecular weight excluding hydrogens is 504 g/mol. The largest absolute Gasteiger partial charge is 0.374 e. The fourth-order valence-electron chi connectivity index (χ4n) is 4.55. The van der Waals surface area contributed by atoms with E-state index >= 15 is 0 Å². The lowest BCUT2D eigenvalue weighted by molar-refractivity contribution is -0.317. The summed E-state index contributed by atoms with van der Waals surface area (Å²) in [6.07, 6.45) is -5.65. The Hall–Kier alpha value is -3.36. The van der Waals surface area contributed by atoms with Gasteiger partial charge >= 0.3 is 0 Å². The normalized spacial score (nSPS) is 23.8. The Labute approximate surface area is 238 Å². The molecule has 0 spiro atoms. The standard InChI is InChI=1S/C34H36O6/c35-34-33(39-24-29-19-11-4-12-20-29)32(38-23-28-17-9-3-10-18-28)31(37-22-27-15-7-2-8-16-27)30(40-34)25-36-21-26-13-5-1-6-14-26/h1-20,30-35H,21-25H2/t30-,31-,32+,33-,34?/m1/s1/i25D2. The average Bonchev–Trinajstić information content (AvgIpc) is 3.03. The summed E-state index contributed by atoms with van der Waals surface area (Å²) in [7, 11) is 0. The minimum Gasteiger partial charge on any atom is -0.374 e. The van der Waals surface area contributed by atoms with Gasteiger partial charge in [-0.3, -0.25) is 0 Å². The Morgan fingerprint density at radius 2 is 0.900 bits per heavy atom. The third-order valence-electron chi connectivity index (χ3n) is 6.65. The average molecular weight is 543 g/mol. The molecule has 0 amide bonds. The number of hydrogen-bond donors (Lipinski definition) is 1. The third kappa shape index (κ3) is 8.08. The summed E-state index contributed by atoms with van der Waals surface area (Å²) in [4.78, 5) is 0. The van der Waals surface area contributed by atoms with E-state index in [1.807, 2.05) is 121 Å². The molecular formula is C34H36O6. The van der Waals surface area contributed by atoms with Crippen molar-refractivity contribution >= 4 is 0 Å². The SMILES string of the molecule is [2H]C([2H])(OCc1ccccc1)[C@H]1OC(O)[C@H](OCc2ccccc2)[C@@H](OCc2ccccc2)[C@@H]1OCc1ccccc1. The highest BCUT2D eigenvalue weighted by molar-refractivity contribution is 5.16. The van der Waals surface area contributed by atoms with Crippen LogP contribution in [0.25, 0.3) is 0 Å². The summed E-state index contributed by atoms with van der Waals surface area (Å²) in [6, 6.07) is 38.2. The first-order chi connectivity index (χ1) is 20.5. The Balaban J connectivity index is 1.43. The zero-order valence-corrected chi connectivity index (χ0v) is 22.3.